The number of aliphatic hydroxyl groups is 1. The molecule has 1 aromatic rings. The summed E-state index contributed by atoms with van der Waals surface area (Å²) in [7, 11) is 0. The third-order valence-corrected chi connectivity index (χ3v) is 3.73. The zero-order chi connectivity index (χ0) is 8.89. The number of hydrogen-bond acceptors (Lipinski definition) is 2. The maximum Gasteiger partial charge on any atom is 0.0640 e. The van der Waals surface area contributed by atoms with Crippen molar-refractivity contribution in [2.24, 2.45) is 5.92 Å². The second-order valence-electron chi connectivity index (χ2n) is 4.28. The van der Waals surface area contributed by atoms with Crippen molar-refractivity contribution >= 4 is 0 Å². The molecule has 2 nitrogen and oxygen atoms in total. The van der Waals surface area contributed by atoms with Crippen LogP contribution in [-0.4, -0.2) is 16.2 Å². The Labute approximate surface area is 77.6 Å². The molecule has 0 radical (unpaired) electrons. The van der Waals surface area contributed by atoms with Gasteiger partial charge in [-0.05, 0) is 36.8 Å². The van der Waals surface area contributed by atoms with Crippen molar-refractivity contribution in [1.82, 2.24) is 4.98 Å². The lowest BCUT2D eigenvalue weighted by Gasteiger charge is -2.17. The SMILES string of the molecule is OC1CCC2CC12c1cccnc1. The molecule has 2 saturated carbocycles. The van der Waals surface area contributed by atoms with Gasteiger partial charge in [-0.2, -0.15) is 0 Å². The summed E-state index contributed by atoms with van der Waals surface area (Å²) < 4.78 is 0. The number of aliphatic hydroxyl groups excluding tert-OH is 1. The molecule has 2 aliphatic rings. The second kappa shape index (κ2) is 2.32. The van der Waals surface area contributed by atoms with Crippen molar-refractivity contribution in [3.63, 3.8) is 0 Å². The Bertz CT molecular complexity index is 324. The topological polar surface area (TPSA) is 33.1 Å². The van der Waals surface area contributed by atoms with Gasteiger partial charge in [0, 0.05) is 17.8 Å². The van der Waals surface area contributed by atoms with Crippen molar-refractivity contribution < 1.29 is 5.11 Å². The largest absolute Gasteiger partial charge is 0.392 e. The highest BCUT2D eigenvalue weighted by Crippen LogP contribution is 2.64. The van der Waals surface area contributed by atoms with E-state index in [1.807, 2.05) is 12.3 Å². The van der Waals surface area contributed by atoms with E-state index >= 15 is 0 Å². The molecule has 0 aliphatic heterocycles. The molecule has 2 aliphatic carbocycles. The number of aromatic nitrogens is 1. The van der Waals surface area contributed by atoms with E-state index in [0.717, 1.165) is 12.3 Å². The maximum atomic E-state index is 9.92. The lowest BCUT2D eigenvalue weighted by molar-refractivity contribution is 0.141. The lowest BCUT2D eigenvalue weighted by atomic mass is 9.92. The fourth-order valence-electron chi connectivity index (χ4n) is 2.92. The molecule has 1 heterocycles. The van der Waals surface area contributed by atoms with E-state index in [0.29, 0.717) is 0 Å². The van der Waals surface area contributed by atoms with Gasteiger partial charge in [0.1, 0.15) is 0 Å². The first kappa shape index (κ1) is 7.51. The molecule has 0 amide bonds. The van der Waals surface area contributed by atoms with Crippen LogP contribution in [0.15, 0.2) is 24.5 Å². The minimum Gasteiger partial charge on any atom is -0.392 e. The average molecular weight is 175 g/mol. The number of rotatable bonds is 1. The molecular formula is C11H13NO. The Morgan fingerprint density at radius 1 is 1.46 bits per heavy atom. The molecule has 2 heteroatoms. The normalized spacial score (nSPS) is 41.6. The Kier molecular flexibility index (Phi) is 1.34. The third kappa shape index (κ3) is 0.841. The fraction of sp³-hybridized carbons (Fsp3) is 0.545. The van der Waals surface area contributed by atoms with E-state index in [-0.39, 0.29) is 11.5 Å². The van der Waals surface area contributed by atoms with Crippen LogP contribution in [0.1, 0.15) is 24.8 Å². The Hall–Kier alpha value is -0.890. The molecule has 0 bridgehead atoms. The van der Waals surface area contributed by atoms with Gasteiger partial charge in [0.25, 0.3) is 0 Å². The van der Waals surface area contributed by atoms with E-state index in [4.69, 9.17) is 0 Å². The Morgan fingerprint density at radius 3 is 2.92 bits per heavy atom. The van der Waals surface area contributed by atoms with Gasteiger partial charge in [-0.1, -0.05) is 6.07 Å². The number of fused-ring (bicyclic) bond motifs is 1. The van der Waals surface area contributed by atoms with Gasteiger partial charge in [-0.25, -0.2) is 0 Å². The quantitative estimate of drug-likeness (QED) is 0.701. The molecule has 2 fully saturated rings. The monoisotopic (exact) mass is 175 g/mol. The number of nitrogens with zero attached hydrogens (tertiary/aromatic N) is 1. The fourth-order valence-corrected chi connectivity index (χ4v) is 2.92. The van der Waals surface area contributed by atoms with Gasteiger partial charge in [0.15, 0.2) is 0 Å². The van der Waals surface area contributed by atoms with Crippen LogP contribution in [0.5, 0.6) is 0 Å². The van der Waals surface area contributed by atoms with E-state index in [1.165, 1.54) is 18.4 Å². The highest BCUT2D eigenvalue weighted by atomic mass is 16.3. The molecule has 0 aromatic carbocycles. The highest BCUT2D eigenvalue weighted by Gasteiger charge is 2.63. The second-order valence-corrected chi connectivity index (χ2v) is 4.28. The van der Waals surface area contributed by atoms with Crippen LogP contribution >= 0.6 is 0 Å². The van der Waals surface area contributed by atoms with Crippen molar-refractivity contribution in [2.45, 2.75) is 30.8 Å². The molecule has 3 atom stereocenters. The van der Waals surface area contributed by atoms with Crippen molar-refractivity contribution in [3.8, 4) is 0 Å². The maximum absolute atomic E-state index is 9.92. The van der Waals surface area contributed by atoms with Crippen LogP contribution in [-0.2, 0) is 5.41 Å². The first-order valence-corrected chi connectivity index (χ1v) is 4.92. The van der Waals surface area contributed by atoms with Crippen molar-refractivity contribution in [1.29, 1.82) is 0 Å². The van der Waals surface area contributed by atoms with Gasteiger partial charge in [0.2, 0.25) is 0 Å². The van der Waals surface area contributed by atoms with Gasteiger partial charge in [-0.3, -0.25) is 4.98 Å². The van der Waals surface area contributed by atoms with Gasteiger partial charge >= 0.3 is 0 Å². The molecule has 13 heavy (non-hydrogen) atoms. The Morgan fingerprint density at radius 2 is 2.38 bits per heavy atom. The molecular weight excluding hydrogens is 162 g/mol. The highest BCUT2D eigenvalue weighted by molar-refractivity contribution is 5.36. The summed E-state index contributed by atoms with van der Waals surface area (Å²) in [6, 6.07) is 4.06. The third-order valence-electron chi connectivity index (χ3n) is 3.73. The Balaban J connectivity index is 2.02. The van der Waals surface area contributed by atoms with Gasteiger partial charge in [0.05, 0.1) is 6.10 Å². The van der Waals surface area contributed by atoms with Crippen LogP contribution in [0.4, 0.5) is 0 Å². The van der Waals surface area contributed by atoms with Gasteiger partial charge < -0.3 is 5.11 Å². The standard InChI is InChI=1S/C11H13NO/c13-10-4-3-8-6-11(8,10)9-2-1-5-12-7-9/h1-2,5,7-8,10,13H,3-4,6H2. The van der Waals surface area contributed by atoms with Crippen molar-refractivity contribution in [3.05, 3.63) is 30.1 Å². The number of pyridine rings is 1. The molecule has 3 rings (SSSR count). The van der Waals surface area contributed by atoms with Crippen LogP contribution in [0.3, 0.4) is 0 Å². The summed E-state index contributed by atoms with van der Waals surface area (Å²) in [4.78, 5) is 4.12. The molecule has 0 spiro atoms. The summed E-state index contributed by atoms with van der Waals surface area (Å²) >= 11 is 0. The predicted molar refractivity (Wildman–Crippen MR) is 49.3 cm³/mol. The lowest BCUT2D eigenvalue weighted by Crippen LogP contribution is -2.23. The summed E-state index contributed by atoms with van der Waals surface area (Å²) in [5.41, 5.74) is 1.35. The molecule has 1 aromatic heterocycles. The zero-order valence-corrected chi connectivity index (χ0v) is 7.48. The average Bonchev–Trinajstić information content (AvgIpc) is 2.84. The van der Waals surface area contributed by atoms with E-state index < -0.39 is 0 Å². The summed E-state index contributed by atoms with van der Waals surface area (Å²) in [5, 5.41) is 9.92. The van der Waals surface area contributed by atoms with Crippen LogP contribution in [0.25, 0.3) is 0 Å². The summed E-state index contributed by atoms with van der Waals surface area (Å²) in [6.07, 6.45) is 6.91. The minimum absolute atomic E-state index is 0.105. The smallest absolute Gasteiger partial charge is 0.0640 e. The first-order valence-electron chi connectivity index (χ1n) is 4.92. The molecule has 68 valence electrons. The molecule has 1 N–H and O–H groups in total. The van der Waals surface area contributed by atoms with Crippen LogP contribution in [0.2, 0.25) is 0 Å². The number of hydrogen-bond donors (Lipinski definition) is 1. The van der Waals surface area contributed by atoms with Crippen LogP contribution < -0.4 is 0 Å². The van der Waals surface area contributed by atoms with Gasteiger partial charge in [-0.15, -0.1) is 0 Å². The molecule has 0 saturated heterocycles. The summed E-state index contributed by atoms with van der Waals surface area (Å²) in [5.74, 6) is 0.728. The molecule has 3 unspecified atom stereocenters. The van der Waals surface area contributed by atoms with Crippen molar-refractivity contribution in [2.75, 3.05) is 0 Å². The van der Waals surface area contributed by atoms with E-state index in [1.54, 1.807) is 6.20 Å². The predicted octanol–water partition coefficient (Wildman–Crippen LogP) is 1.49. The van der Waals surface area contributed by atoms with Crippen LogP contribution in [0, 0.1) is 5.92 Å². The summed E-state index contributed by atoms with van der Waals surface area (Å²) in [6.45, 7) is 0. The van der Waals surface area contributed by atoms with E-state index in [9.17, 15) is 5.11 Å². The zero-order valence-electron chi connectivity index (χ0n) is 7.48. The van der Waals surface area contributed by atoms with E-state index in [2.05, 4.69) is 11.1 Å². The minimum atomic E-state index is -0.123. The first-order chi connectivity index (χ1) is 6.34.